The molecule has 0 bridgehead atoms. The maximum atomic E-state index is 13.4. The van der Waals surface area contributed by atoms with E-state index in [0.717, 1.165) is 17.4 Å². The number of amides is 2. The lowest BCUT2D eigenvalue weighted by Crippen LogP contribution is -2.34. The molecular weight excluding hydrogens is 405 g/mol. The minimum absolute atomic E-state index is 0.0252. The number of aromatic hydroxyl groups is 1. The molecule has 2 amide bonds. The van der Waals surface area contributed by atoms with E-state index in [1.807, 2.05) is 13.8 Å². The summed E-state index contributed by atoms with van der Waals surface area (Å²) in [5.41, 5.74) is -0.350. The van der Waals surface area contributed by atoms with Gasteiger partial charge < -0.3 is 15.3 Å². The summed E-state index contributed by atoms with van der Waals surface area (Å²) in [6.45, 7) is 4.63. The van der Waals surface area contributed by atoms with Crippen molar-refractivity contribution >= 4 is 23.5 Å². The van der Waals surface area contributed by atoms with Crippen LogP contribution in [0.4, 0.5) is 4.39 Å². The first-order chi connectivity index (χ1) is 14.8. The predicted molar refractivity (Wildman–Crippen MR) is 112 cm³/mol. The first-order valence-electron chi connectivity index (χ1n) is 10.5. The highest BCUT2D eigenvalue weighted by molar-refractivity contribution is 5.97. The minimum atomic E-state index is -1.01. The number of carbonyl (C=O) groups excluding carboxylic acids is 2. The van der Waals surface area contributed by atoms with Crippen LogP contribution in [-0.2, 0) is 11.3 Å². The lowest BCUT2D eigenvalue weighted by atomic mass is 10.2. The average molecular weight is 431 g/mol. The van der Waals surface area contributed by atoms with Gasteiger partial charge in [0.15, 0.2) is 5.56 Å². The Morgan fingerprint density at radius 1 is 1.35 bits per heavy atom. The van der Waals surface area contributed by atoms with Gasteiger partial charge in [-0.25, -0.2) is 4.39 Å². The third-order valence-corrected chi connectivity index (χ3v) is 5.45. The molecule has 1 unspecified atom stereocenters. The van der Waals surface area contributed by atoms with Gasteiger partial charge in [-0.2, -0.15) is 9.61 Å². The Kier molecular flexibility index (Phi) is 5.55. The SMILES string of the molecule is CC(C)Cn1c(O)c(C(=O)NC2CC2)c(=O)n2ncc(C=CC(=O)N3CCC(F)C3)c12. The fraction of sp³-hybridized carbons (Fsp3) is 0.524. The van der Waals surface area contributed by atoms with E-state index in [1.165, 1.54) is 27.8 Å². The van der Waals surface area contributed by atoms with Crippen LogP contribution in [0.25, 0.3) is 11.7 Å². The normalized spacial score (nSPS) is 19.1. The third kappa shape index (κ3) is 4.19. The van der Waals surface area contributed by atoms with Crippen molar-refractivity contribution in [3.63, 3.8) is 0 Å². The van der Waals surface area contributed by atoms with Gasteiger partial charge in [0, 0.05) is 30.8 Å². The van der Waals surface area contributed by atoms with Crippen LogP contribution in [0.15, 0.2) is 17.1 Å². The summed E-state index contributed by atoms with van der Waals surface area (Å²) in [4.78, 5) is 39.3. The Hall–Kier alpha value is -3.17. The van der Waals surface area contributed by atoms with E-state index in [9.17, 15) is 23.9 Å². The van der Waals surface area contributed by atoms with E-state index in [0.29, 0.717) is 25.1 Å². The molecule has 2 aromatic heterocycles. The molecule has 1 aliphatic heterocycles. The van der Waals surface area contributed by atoms with E-state index in [-0.39, 0.29) is 35.6 Å². The maximum Gasteiger partial charge on any atom is 0.291 e. The molecule has 166 valence electrons. The number of hydrogen-bond donors (Lipinski definition) is 2. The molecule has 0 aromatic carbocycles. The van der Waals surface area contributed by atoms with E-state index < -0.39 is 23.5 Å². The van der Waals surface area contributed by atoms with Crippen molar-refractivity contribution in [1.29, 1.82) is 0 Å². The smallest absolute Gasteiger partial charge is 0.291 e. The van der Waals surface area contributed by atoms with Crippen molar-refractivity contribution in [3.8, 4) is 5.88 Å². The molecule has 2 N–H and O–H groups in total. The van der Waals surface area contributed by atoms with Crippen LogP contribution in [0.2, 0.25) is 0 Å². The zero-order valence-corrected chi connectivity index (χ0v) is 17.5. The number of aromatic nitrogens is 3. The van der Waals surface area contributed by atoms with Gasteiger partial charge in [-0.05, 0) is 31.3 Å². The van der Waals surface area contributed by atoms with Crippen molar-refractivity contribution in [1.82, 2.24) is 24.4 Å². The first kappa shape index (κ1) is 21.1. The van der Waals surface area contributed by atoms with Crippen LogP contribution in [-0.4, -0.2) is 61.3 Å². The molecule has 1 saturated carbocycles. The summed E-state index contributed by atoms with van der Waals surface area (Å²) in [7, 11) is 0. The molecule has 9 nitrogen and oxygen atoms in total. The van der Waals surface area contributed by atoms with Crippen LogP contribution < -0.4 is 10.9 Å². The second-order valence-corrected chi connectivity index (χ2v) is 8.59. The summed E-state index contributed by atoms with van der Waals surface area (Å²) in [6, 6.07) is 0.0252. The van der Waals surface area contributed by atoms with Gasteiger partial charge in [0.2, 0.25) is 11.8 Å². The van der Waals surface area contributed by atoms with Crippen LogP contribution in [0.3, 0.4) is 0 Å². The number of alkyl halides is 1. The highest BCUT2D eigenvalue weighted by atomic mass is 19.1. The molecule has 10 heteroatoms. The van der Waals surface area contributed by atoms with Crippen molar-refractivity contribution in [2.45, 2.75) is 51.9 Å². The van der Waals surface area contributed by atoms with Crippen molar-refractivity contribution in [3.05, 3.63) is 33.8 Å². The van der Waals surface area contributed by atoms with Crippen LogP contribution in [0, 0.1) is 5.92 Å². The Balaban J connectivity index is 1.75. The van der Waals surface area contributed by atoms with Crippen molar-refractivity contribution in [2.24, 2.45) is 5.92 Å². The van der Waals surface area contributed by atoms with Crippen molar-refractivity contribution < 1.29 is 19.1 Å². The molecule has 2 aliphatic rings. The highest BCUT2D eigenvalue weighted by Crippen LogP contribution is 2.24. The molecule has 0 spiro atoms. The van der Waals surface area contributed by atoms with Gasteiger partial charge in [-0.15, -0.1) is 0 Å². The van der Waals surface area contributed by atoms with E-state index in [4.69, 9.17) is 0 Å². The monoisotopic (exact) mass is 431 g/mol. The zero-order valence-electron chi connectivity index (χ0n) is 17.5. The van der Waals surface area contributed by atoms with E-state index >= 15 is 0 Å². The van der Waals surface area contributed by atoms with Gasteiger partial charge in [0.1, 0.15) is 11.8 Å². The van der Waals surface area contributed by atoms with Crippen LogP contribution >= 0.6 is 0 Å². The first-order valence-corrected chi connectivity index (χ1v) is 10.5. The number of rotatable bonds is 6. The number of likely N-dealkylation sites (tertiary alicyclic amines) is 1. The Morgan fingerprint density at radius 2 is 2.10 bits per heavy atom. The molecule has 4 rings (SSSR count). The van der Waals surface area contributed by atoms with Crippen LogP contribution in [0.5, 0.6) is 5.88 Å². The lowest BCUT2D eigenvalue weighted by molar-refractivity contribution is -0.125. The standard InChI is InChI=1S/C21H26FN5O4/c1-12(2)10-26-19-13(3-6-16(28)25-8-7-14(22)11-25)9-23-27(19)21(31)17(20(26)30)18(29)24-15-4-5-15/h3,6,9,12,14-15,30H,4-5,7-8,10-11H2,1-2H3,(H,24,29). The van der Waals surface area contributed by atoms with Gasteiger partial charge in [-0.1, -0.05) is 13.8 Å². The van der Waals surface area contributed by atoms with E-state index in [1.54, 1.807) is 0 Å². The number of hydrogen-bond acceptors (Lipinski definition) is 5. The average Bonchev–Trinajstić information content (AvgIpc) is 3.24. The highest BCUT2D eigenvalue weighted by Gasteiger charge is 2.30. The fourth-order valence-electron chi connectivity index (χ4n) is 3.73. The summed E-state index contributed by atoms with van der Waals surface area (Å²) in [5, 5.41) is 17.7. The molecule has 1 saturated heterocycles. The molecule has 3 heterocycles. The Labute approximate surface area is 178 Å². The van der Waals surface area contributed by atoms with Gasteiger partial charge >= 0.3 is 0 Å². The zero-order chi connectivity index (χ0) is 22.3. The predicted octanol–water partition coefficient (Wildman–Crippen LogP) is 1.33. The Morgan fingerprint density at radius 3 is 2.71 bits per heavy atom. The van der Waals surface area contributed by atoms with Crippen LogP contribution in [0.1, 0.15) is 49.0 Å². The number of carbonyl (C=O) groups is 2. The topological polar surface area (TPSA) is 109 Å². The molecular formula is C21H26FN5O4. The molecule has 2 aromatic rings. The van der Waals surface area contributed by atoms with E-state index in [2.05, 4.69) is 10.4 Å². The largest absolute Gasteiger partial charge is 0.494 e. The van der Waals surface area contributed by atoms with Gasteiger partial charge in [0.05, 0.1) is 12.7 Å². The third-order valence-electron chi connectivity index (χ3n) is 5.45. The number of halogens is 1. The molecule has 1 atom stereocenters. The van der Waals surface area contributed by atoms with Crippen molar-refractivity contribution in [2.75, 3.05) is 13.1 Å². The Bertz CT molecular complexity index is 1120. The minimum Gasteiger partial charge on any atom is -0.494 e. The second kappa shape index (κ2) is 8.16. The lowest BCUT2D eigenvalue weighted by Gasteiger charge is -2.17. The summed E-state index contributed by atoms with van der Waals surface area (Å²) in [6.07, 6.45) is 5.22. The molecule has 0 radical (unpaired) electrons. The summed E-state index contributed by atoms with van der Waals surface area (Å²) >= 11 is 0. The number of nitrogens with one attached hydrogen (secondary N) is 1. The molecule has 2 fully saturated rings. The maximum absolute atomic E-state index is 13.4. The second-order valence-electron chi connectivity index (χ2n) is 8.59. The number of nitrogens with zero attached hydrogens (tertiary/aromatic N) is 4. The van der Waals surface area contributed by atoms with Gasteiger partial charge in [-0.3, -0.25) is 19.0 Å². The molecule has 1 aliphatic carbocycles. The molecule has 31 heavy (non-hydrogen) atoms. The summed E-state index contributed by atoms with van der Waals surface area (Å²) in [5.74, 6) is -1.29. The van der Waals surface area contributed by atoms with Gasteiger partial charge in [0.25, 0.3) is 11.5 Å². The quantitative estimate of drug-likeness (QED) is 0.671. The summed E-state index contributed by atoms with van der Waals surface area (Å²) < 4.78 is 15.9. The fourth-order valence-corrected chi connectivity index (χ4v) is 3.73. The number of fused-ring (bicyclic) bond motifs is 1.